The molecule has 2 aliphatic rings. The number of H-pyrrole nitrogens is 1. The van der Waals surface area contributed by atoms with Gasteiger partial charge < -0.3 is 19.9 Å². The molecule has 1 saturated heterocycles. The number of carbonyl (C=O) groups is 2. The van der Waals surface area contributed by atoms with Crippen molar-refractivity contribution in [2.75, 3.05) is 13.2 Å². The van der Waals surface area contributed by atoms with E-state index in [1.165, 1.54) is 24.7 Å². The molecule has 1 aliphatic heterocycles. The molecule has 4 unspecified atom stereocenters. The highest BCUT2D eigenvalue weighted by Crippen LogP contribution is 2.39. The summed E-state index contributed by atoms with van der Waals surface area (Å²) in [6.07, 6.45) is 10.3. The second-order valence-corrected chi connectivity index (χ2v) is 9.46. The average molecular weight is 492 g/mol. The number of aromatic amines is 1. The summed E-state index contributed by atoms with van der Waals surface area (Å²) in [5, 5.41) is 2.98. The number of rotatable bonds is 8. The molecule has 36 heavy (non-hydrogen) atoms. The minimum atomic E-state index is -0.870. The predicted molar refractivity (Wildman–Crippen MR) is 130 cm³/mol. The van der Waals surface area contributed by atoms with Crippen LogP contribution in [0.3, 0.4) is 0 Å². The smallest absolute Gasteiger partial charge is 0.273 e. The first kappa shape index (κ1) is 24.1. The van der Waals surface area contributed by atoms with Gasteiger partial charge in [-0.2, -0.15) is 0 Å². The van der Waals surface area contributed by atoms with Crippen molar-refractivity contribution in [1.82, 2.24) is 25.2 Å². The van der Waals surface area contributed by atoms with E-state index in [0.717, 1.165) is 37.9 Å². The first-order valence-corrected chi connectivity index (χ1v) is 12.4. The maximum atomic E-state index is 13.8. The van der Waals surface area contributed by atoms with Gasteiger partial charge in [-0.05, 0) is 61.8 Å². The minimum absolute atomic E-state index is 0.136. The molecule has 0 spiro atoms. The third-order valence-electron chi connectivity index (χ3n) is 7.19. The number of amides is 2. The molecule has 1 aromatic carbocycles. The van der Waals surface area contributed by atoms with Gasteiger partial charge in [0.05, 0.1) is 18.6 Å². The Morgan fingerprint density at radius 1 is 1.17 bits per heavy atom. The summed E-state index contributed by atoms with van der Waals surface area (Å²) in [6, 6.07) is 8.91. The Kier molecular flexibility index (Phi) is 7.36. The fraction of sp³-hybridized carbons (Fsp3) is 0.407. The van der Waals surface area contributed by atoms with Gasteiger partial charge in [-0.3, -0.25) is 14.6 Å². The maximum Gasteiger partial charge on any atom is 0.273 e. The number of nitrogens with one attached hydrogen (secondary N) is 2. The van der Waals surface area contributed by atoms with Crippen molar-refractivity contribution >= 4 is 11.8 Å². The van der Waals surface area contributed by atoms with Crippen LogP contribution in [0.2, 0.25) is 0 Å². The quantitative estimate of drug-likeness (QED) is 0.503. The van der Waals surface area contributed by atoms with Crippen LogP contribution in [-0.2, 0) is 16.0 Å². The lowest BCUT2D eigenvalue weighted by Gasteiger charge is -2.42. The number of carbonyl (C=O) groups excluding carboxylic acids is 2. The molecule has 2 fully saturated rings. The van der Waals surface area contributed by atoms with Crippen LogP contribution >= 0.6 is 0 Å². The fourth-order valence-electron chi connectivity index (χ4n) is 5.46. The molecule has 9 heteroatoms. The summed E-state index contributed by atoms with van der Waals surface area (Å²) >= 11 is 0. The molecule has 4 atom stereocenters. The van der Waals surface area contributed by atoms with Crippen molar-refractivity contribution in [2.45, 2.75) is 50.3 Å². The van der Waals surface area contributed by atoms with E-state index >= 15 is 0 Å². The van der Waals surface area contributed by atoms with Gasteiger partial charge in [0.2, 0.25) is 5.91 Å². The highest BCUT2D eigenvalue weighted by molar-refractivity contribution is 5.96. The third-order valence-corrected chi connectivity index (χ3v) is 7.19. The minimum Gasteiger partial charge on any atom is -0.378 e. The number of hydrogen-bond donors (Lipinski definition) is 2. The van der Waals surface area contributed by atoms with E-state index in [1.807, 2.05) is 12.1 Å². The van der Waals surface area contributed by atoms with Crippen LogP contribution < -0.4 is 5.32 Å². The molecule has 188 valence electrons. The van der Waals surface area contributed by atoms with Gasteiger partial charge in [0, 0.05) is 37.2 Å². The number of benzene rings is 1. The largest absolute Gasteiger partial charge is 0.378 e. The van der Waals surface area contributed by atoms with Gasteiger partial charge in [-0.25, -0.2) is 9.37 Å². The van der Waals surface area contributed by atoms with Gasteiger partial charge in [0.25, 0.3) is 5.91 Å². The molecule has 2 amide bonds. The number of fused-ring (bicyclic) bond motifs is 1. The van der Waals surface area contributed by atoms with Gasteiger partial charge in [0.15, 0.2) is 0 Å². The van der Waals surface area contributed by atoms with Crippen molar-refractivity contribution in [3.05, 3.63) is 84.0 Å². The fourth-order valence-corrected chi connectivity index (χ4v) is 5.46. The topological polar surface area (TPSA) is 100 Å². The normalized spacial score (nSPS) is 22.0. The SMILES string of the molecule is O=C(NCCc1cccc(F)c1)C(c1cccnc1)N(C(=O)c1cnc[nH]1)C1CCC2OCCC2C1. The third kappa shape index (κ3) is 5.31. The Hall–Kier alpha value is -3.59. The molecule has 2 aromatic heterocycles. The maximum absolute atomic E-state index is 13.8. The average Bonchev–Trinajstić information content (AvgIpc) is 3.59. The van der Waals surface area contributed by atoms with Gasteiger partial charge in [-0.15, -0.1) is 0 Å². The van der Waals surface area contributed by atoms with E-state index in [1.54, 1.807) is 29.4 Å². The Labute approximate surface area is 209 Å². The molecule has 0 bridgehead atoms. The summed E-state index contributed by atoms with van der Waals surface area (Å²) in [4.78, 5) is 40.4. The molecule has 5 rings (SSSR count). The van der Waals surface area contributed by atoms with Gasteiger partial charge in [-0.1, -0.05) is 18.2 Å². The molecule has 3 aromatic rings. The van der Waals surface area contributed by atoms with Crippen LogP contribution in [0.5, 0.6) is 0 Å². The lowest BCUT2D eigenvalue weighted by Crippen LogP contribution is -2.51. The molecular formula is C27H30FN5O3. The zero-order valence-corrected chi connectivity index (χ0v) is 20.0. The van der Waals surface area contributed by atoms with Crippen LogP contribution in [0, 0.1) is 11.7 Å². The second-order valence-electron chi connectivity index (χ2n) is 9.46. The number of aromatic nitrogens is 3. The Bertz CT molecular complexity index is 1170. The molecule has 1 aliphatic carbocycles. The van der Waals surface area contributed by atoms with Crippen molar-refractivity contribution in [2.24, 2.45) is 5.92 Å². The highest BCUT2D eigenvalue weighted by Gasteiger charge is 2.43. The summed E-state index contributed by atoms with van der Waals surface area (Å²) in [6.45, 7) is 1.05. The lowest BCUT2D eigenvalue weighted by molar-refractivity contribution is -0.127. The van der Waals surface area contributed by atoms with Gasteiger partial charge in [0.1, 0.15) is 17.6 Å². The van der Waals surface area contributed by atoms with Crippen LogP contribution in [0.25, 0.3) is 0 Å². The van der Waals surface area contributed by atoms with Crippen LogP contribution in [0.4, 0.5) is 4.39 Å². The number of hydrogen-bond acceptors (Lipinski definition) is 5. The van der Waals surface area contributed by atoms with Crippen LogP contribution in [-0.4, -0.2) is 57.0 Å². The van der Waals surface area contributed by atoms with Crippen LogP contribution in [0.15, 0.2) is 61.3 Å². The highest BCUT2D eigenvalue weighted by atomic mass is 19.1. The second kappa shape index (κ2) is 11.0. The number of halogens is 1. The lowest BCUT2D eigenvalue weighted by atomic mass is 9.81. The predicted octanol–water partition coefficient (Wildman–Crippen LogP) is 3.44. The molecule has 2 N–H and O–H groups in total. The first-order chi connectivity index (χ1) is 17.6. The summed E-state index contributed by atoms with van der Waals surface area (Å²) in [5.74, 6) is -0.512. The van der Waals surface area contributed by atoms with E-state index in [0.29, 0.717) is 30.1 Å². The summed E-state index contributed by atoms with van der Waals surface area (Å²) in [7, 11) is 0. The Morgan fingerprint density at radius 3 is 2.86 bits per heavy atom. The van der Waals surface area contributed by atoms with Crippen molar-refractivity contribution in [1.29, 1.82) is 0 Å². The molecule has 8 nitrogen and oxygen atoms in total. The Balaban J connectivity index is 1.42. The summed E-state index contributed by atoms with van der Waals surface area (Å²) < 4.78 is 19.5. The van der Waals surface area contributed by atoms with E-state index in [4.69, 9.17) is 4.74 Å². The van der Waals surface area contributed by atoms with Crippen LogP contribution in [0.1, 0.15) is 53.3 Å². The number of imidazole rings is 1. The molecule has 1 saturated carbocycles. The van der Waals surface area contributed by atoms with Crippen molar-refractivity contribution in [3.8, 4) is 0 Å². The van der Waals surface area contributed by atoms with E-state index in [2.05, 4.69) is 20.3 Å². The molecule has 0 radical (unpaired) electrons. The standard InChI is InChI=1S/C27H30FN5O3/c28-21-5-1-3-18(13-21)8-11-31-26(34)25(20-4-2-10-29-15-20)33(27(35)23-16-30-17-32-23)22-6-7-24-19(14-22)9-12-36-24/h1-5,10,13,15-17,19,22,24-25H,6-9,11-12,14H2,(H,30,32)(H,31,34). The summed E-state index contributed by atoms with van der Waals surface area (Å²) in [5.41, 5.74) is 1.76. The number of nitrogens with zero attached hydrogens (tertiary/aromatic N) is 3. The number of pyridine rings is 1. The van der Waals surface area contributed by atoms with E-state index in [-0.39, 0.29) is 29.8 Å². The van der Waals surface area contributed by atoms with Crippen molar-refractivity contribution < 1.29 is 18.7 Å². The van der Waals surface area contributed by atoms with E-state index < -0.39 is 6.04 Å². The Morgan fingerprint density at radius 2 is 2.08 bits per heavy atom. The number of ether oxygens (including phenoxy) is 1. The van der Waals surface area contributed by atoms with Crippen molar-refractivity contribution in [3.63, 3.8) is 0 Å². The zero-order chi connectivity index (χ0) is 24.9. The monoisotopic (exact) mass is 491 g/mol. The zero-order valence-electron chi connectivity index (χ0n) is 20.0. The van der Waals surface area contributed by atoms with E-state index in [9.17, 15) is 14.0 Å². The molecular weight excluding hydrogens is 461 g/mol. The van der Waals surface area contributed by atoms with Gasteiger partial charge >= 0.3 is 0 Å². The molecule has 3 heterocycles. The first-order valence-electron chi connectivity index (χ1n) is 12.4.